The highest BCUT2D eigenvalue weighted by Crippen LogP contribution is 2.40. The summed E-state index contributed by atoms with van der Waals surface area (Å²) in [5.41, 5.74) is 4.63. The Bertz CT molecular complexity index is 1810. The van der Waals surface area contributed by atoms with Crippen molar-refractivity contribution in [3.8, 4) is 10.4 Å². The number of thiophene rings is 1. The number of nitrogens with one attached hydrogen (secondary N) is 2. The van der Waals surface area contributed by atoms with Crippen molar-refractivity contribution in [1.29, 1.82) is 0 Å². The number of hydrogen-bond donors (Lipinski definition) is 2. The second-order valence-electron chi connectivity index (χ2n) is 9.71. The smallest absolute Gasteiger partial charge is 0.109 e. The third-order valence-corrected chi connectivity index (χ3v) is 8.20. The number of nitrogens with zero attached hydrogens (tertiary/aromatic N) is 3. The van der Waals surface area contributed by atoms with Gasteiger partial charge in [-0.25, -0.2) is 4.98 Å². The Morgan fingerprint density at radius 3 is 2.71 bits per heavy atom. The van der Waals surface area contributed by atoms with Crippen molar-refractivity contribution in [1.82, 2.24) is 20.3 Å². The number of benzene rings is 3. The summed E-state index contributed by atoms with van der Waals surface area (Å²) in [4.78, 5) is 18.7. The standard InChI is InChI=1S/C29H25N5S/c1-15(2)29-33-27-21-7-6-18(10-22(21)20-8-9-30-13-23(20)28(27)34-29)26-12-19-5-4-17(11-25(19)35-26)24-14-31-16(3)32-24/h4-13,15,24H,14H2,1-3H3,(H,31,32)(H,33,34). The third-order valence-electron chi connectivity index (χ3n) is 7.05. The van der Waals surface area contributed by atoms with Crippen molar-refractivity contribution < 1.29 is 0 Å². The zero-order chi connectivity index (χ0) is 23.7. The maximum Gasteiger partial charge on any atom is 0.109 e. The molecular formula is C29H25N5S. The molecule has 1 aliphatic rings. The summed E-state index contributed by atoms with van der Waals surface area (Å²) < 4.78 is 1.31. The summed E-state index contributed by atoms with van der Waals surface area (Å²) in [6, 6.07) is 18.3. The Labute approximate surface area is 206 Å². The number of aliphatic imine (C=N–C) groups is 1. The van der Waals surface area contributed by atoms with Crippen LogP contribution in [0.2, 0.25) is 0 Å². The highest BCUT2D eigenvalue weighted by Gasteiger charge is 2.18. The zero-order valence-corrected chi connectivity index (χ0v) is 20.7. The van der Waals surface area contributed by atoms with Crippen molar-refractivity contribution in [2.24, 2.45) is 4.99 Å². The van der Waals surface area contributed by atoms with E-state index < -0.39 is 0 Å². The number of amidine groups is 1. The Kier molecular flexibility index (Phi) is 4.48. The minimum absolute atomic E-state index is 0.276. The van der Waals surface area contributed by atoms with Crippen molar-refractivity contribution in [3.05, 3.63) is 72.3 Å². The van der Waals surface area contributed by atoms with Crippen LogP contribution < -0.4 is 5.32 Å². The molecule has 1 unspecified atom stereocenters. The first kappa shape index (κ1) is 20.6. The van der Waals surface area contributed by atoms with Crippen LogP contribution in [0.5, 0.6) is 0 Å². The molecule has 0 fully saturated rings. The van der Waals surface area contributed by atoms with E-state index in [9.17, 15) is 0 Å². The Morgan fingerprint density at radius 1 is 0.971 bits per heavy atom. The number of aromatic nitrogens is 3. The van der Waals surface area contributed by atoms with Crippen LogP contribution in [-0.4, -0.2) is 27.3 Å². The predicted molar refractivity (Wildman–Crippen MR) is 148 cm³/mol. The monoisotopic (exact) mass is 475 g/mol. The van der Waals surface area contributed by atoms with E-state index in [1.54, 1.807) is 0 Å². The number of pyridine rings is 1. The van der Waals surface area contributed by atoms with E-state index in [1.807, 2.05) is 30.7 Å². The molecule has 7 rings (SSSR count). The van der Waals surface area contributed by atoms with Gasteiger partial charge in [-0.1, -0.05) is 38.1 Å². The van der Waals surface area contributed by atoms with Gasteiger partial charge in [0.25, 0.3) is 0 Å². The number of fused-ring (bicyclic) bond motifs is 7. The molecule has 0 saturated heterocycles. The first-order valence-electron chi connectivity index (χ1n) is 12.1. The van der Waals surface area contributed by atoms with Crippen LogP contribution >= 0.6 is 11.3 Å². The van der Waals surface area contributed by atoms with Crippen molar-refractivity contribution in [2.45, 2.75) is 32.7 Å². The van der Waals surface area contributed by atoms with Crippen LogP contribution in [0.4, 0.5) is 0 Å². The molecule has 2 N–H and O–H groups in total. The van der Waals surface area contributed by atoms with Crippen LogP contribution in [-0.2, 0) is 0 Å². The fourth-order valence-corrected chi connectivity index (χ4v) is 6.29. The van der Waals surface area contributed by atoms with E-state index in [0.717, 1.165) is 34.6 Å². The van der Waals surface area contributed by atoms with Gasteiger partial charge in [0, 0.05) is 38.7 Å². The topological polar surface area (TPSA) is 66.0 Å². The molecule has 0 aliphatic carbocycles. The lowest BCUT2D eigenvalue weighted by atomic mass is 9.99. The molecule has 0 spiro atoms. The summed E-state index contributed by atoms with van der Waals surface area (Å²) in [5.74, 6) is 2.37. The minimum Gasteiger partial charge on any atom is -0.365 e. The lowest BCUT2D eigenvalue weighted by Gasteiger charge is -2.10. The molecule has 35 heavy (non-hydrogen) atoms. The summed E-state index contributed by atoms with van der Waals surface area (Å²) in [6.45, 7) is 7.18. The highest BCUT2D eigenvalue weighted by atomic mass is 32.1. The molecule has 1 atom stereocenters. The quantitative estimate of drug-likeness (QED) is 0.263. The summed E-state index contributed by atoms with van der Waals surface area (Å²) >= 11 is 1.85. The largest absolute Gasteiger partial charge is 0.365 e. The Morgan fingerprint density at radius 2 is 1.89 bits per heavy atom. The summed E-state index contributed by atoms with van der Waals surface area (Å²) in [5, 5.41) is 9.47. The number of hydrogen-bond acceptors (Lipinski definition) is 5. The number of imidazole rings is 1. The molecule has 6 heteroatoms. The van der Waals surface area contributed by atoms with Crippen LogP contribution in [0.15, 0.2) is 65.9 Å². The van der Waals surface area contributed by atoms with Gasteiger partial charge in [0.05, 0.1) is 29.5 Å². The molecule has 172 valence electrons. The van der Waals surface area contributed by atoms with Crippen molar-refractivity contribution >= 4 is 59.8 Å². The SMILES string of the molecule is CC1=NCC(c2ccc3cc(-c4ccc5c(c4)c4ccncc4c4nc(C(C)C)[nH]c54)sc3c2)N1. The van der Waals surface area contributed by atoms with Crippen LogP contribution in [0.3, 0.4) is 0 Å². The maximum absolute atomic E-state index is 4.94. The van der Waals surface area contributed by atoms with Gasteiger partial charge in [-0.3, -0.25) is 9.98 Å². The summed E-state index contributed by atoms with van der Waals surface area (Å²) in [6.07, 6.45) is 3.82. The van der Waals surface area contributed by atoms with E-state index >= 15 is 0 Å². The van der Waals surface area contributed by atoms with Crippen molar-refractivity contribution in [3.63, 3.8) is 0 Å². The van der Waals surface area contributed by atoms with E-state index in [4.69, 9.17) is 4.98 Å². The summed E-state index contributed by atoms with van der Waals surface area (Å²) in [7, 11) is 0. The van der Waals surface area contributed by atoms with Crippen LogP contribution in [0, 0.1) is 0 Å². The fourth-order valence-electron chi connectivity index (χ4n) is 5.18. The first-order valence-corrected chi connectivity index (χ1v) is 12.9. The number of aromatic amines is 1. The molecule has 0 amide bonds. The van der Waals surface area contributed by atoms with Gasteiger partial charge < -0.3 is 10.3 Å². The van der Waals surface area contributed by atoms with Gasteiger partial charge in [0.15, 0.2) is 0 Å². The third kappa shape index (κ3) is 3.24. The van der Waals surface area contributed by atoms with Crippen LogP contribution in [0.1, 0.15) is 44.1 Å². The van der Waals surface area contributed by atoms with Gasteiger partial charge in [0.2, 0.25) is 0 Å². The van der Waals surface area contributed by atoms with E-state index in [2.05, 4.69) is 82.7 Å². The molecule has 1 aliphatic heterocycles. The fraction of sp³-hybridized carbons (Fsp3) is 0.207. The van der Waals surface area contributed by atoms with Crippen molar-refractivity contribution in [2.75, 3.05) is 6.54 Å². The molecule has 0 bridgehead atoms. The normalized spacial score (nSPS) is 16.1. The van der Waals surface area contributed by atoms with Gasteiger partial charge >= 0.3 is 0 Å². The molecule has 3 aromatic carbocycles. The molecular weight excluding hydrogens is 450 g/mol. The van der Waals surface area contributed by atoms with Crippen LogP contribution in [0.25, 0.3) is 53.1 Å². The highest BCUT2D eigenvalue weighted by molar-refractivity contribution is 7.22. The molecule has 0 radical (unpaired) electrons. The molecule has 5 nitrogen and oxygen atoms in total. The average Bonchev–Trinajstić information content (AvgIpc) is 3.61. The second kappa shape index (κ2) is 7.62. The Balaban J connectivity index is 1.39. The second-order valence-corrected chi connectivity index (χ2v) is 10.8. The molecule has 6 aromatic rings. The number of rotatable bonds is 3. The zero-order valence-electron chi connectivity index (χ0n) is 19.9. The lowest BCUT2D eigenvalue weighted by molar-refractivity contribution is 0.710. The van der Waals surface area contributed by atoms with Gasteiger partial charge in [-0.05, 0) is 58.5 Å². The minimum atomic E-state index is 0.276. The lowest BCUT2D eigenvalue weighted by Crippen LogP contribution is -2.20. The van der Waals surface area contributed by atoms with Gasteiger partial charge in [0.1, 0.15) is 5.82 Å². The van der Waals surface area contributed by atoms with Gasteiger partial charge in [-0.2, -0.15) is 0 Å². The van der Waals surface area contributed by atoms with Gasteiger partial charge in [-0.15, -0.1) is 11.3 Å². The molecule has 4 heterocycles. The average molecular weight is 476 g/mol. The van der Waals surface area contributed by atoms with E-state index in [-0.39, 0.29) is 6.04 Å². The van der Waals surface area contributed by atoms with E-state index in [0.29, 0.717) is 5.92 Å². The number of H-pyrrole nitrogens is 1. The Hall–Kier alpha value is -3.77. The first-order chi connectivity index (χ1) is 17.0. The predicted octanol–water partition coefficient (Wildman–Crippen LogP) is 7.33. The molecule has 3 aromatic heterocycles. The van der Waals surface area contributed by atoms with E-state index in [1.165, 1.54) is 42.2 Å². The maximum atomic E-state index is 4.94. The molecule has 0 saturated carbocycles.